The molecule has 2 saturated heterocycles. The molecule has 0 bridgehead atoms. The summed E-state index contributed by atoms with van der Waals surface area (Å²) >= 11 is 1.78. The average molecular weight is 573 g/mol. The van der Waals surface area contributed by atoms with E-state index >= 15 is 0 Å². The molecule has 0 spiro atoms. The number of likely N-dealkylation sites (tertiary alicyclic amines) is 1. The zero-order valence-electron chi connectivity index (χ0n) is 19.8. The summed E-state index contributed by atoms with van der Waals surface area (Å²) in [6.45, 7) is 3.45. The number of hydrogen-bond acceptors (Lipinski definition) is 7. The van der Waals surface area contributed by atoms with Crippen molar-refractivity contribution in [2.24, 2.45) is 0 Å². The summed E-state index contributed by atoms with van der Waals surface area (Å²) in [5.74, 6) is -5.51. The Labute approximate surface area is 217 Å². The van der Waals surface area contributed by atoms with Crippen molar-refractivity contribution < 1.29 is 55.6 Å². The van der Waals surface area contributed by atoms with Crippen molar-refractivity contribution in [3.8, 4) is 0 Å². The number of aliphatic carboxylic acids is 2. The Kier molecular flexibility index (Phi) is 11.9. The maximum Gasteiger partial charge on any atom is 0.490 e. The molecule has 2 fully saturated rings. The molecule has 8 nitrogen and oxygen atoms in total. The van der Waals surface area contributed by atoms with Crippen LogP contribution in [0.3, 0.4) is 0 Å². The number of halogens is 6. The summed E-state index contributed by atoms with van der Waals surface area (Å²) < 4.78 is 75.6. The number of rotatable bonds is 6. The Hall–Kier alpha value is -2.75. The largest absolute Gasteiger partial charge is 0.490 e. The fourth-order valence-corrected chi connectivity index (χ4v) is 4.46. The molecular formula is C23H26F6N2O6S. The van der Waals surface area contributed by atoms with Crippen LogP contribution in [0.1, 0.15) is 30.5 Å². The molecule has 2 aliphatic heterocycles. The van der Waals surface area contributed by atoms with Crippen LogP contribution in [0.2, 0.25) is 0 Å². The van der Waals surface area contributed by atoms with Gasteiger partial charge >= 0.3 is 24.3 Å². The summed E-state index contributed by atoms with van der Waals surface area (Å²) in [6.07, 6.45) is -4.31. The van der Waals surface area contributed by atoms with E-state index in [-0.39, 0.29) is 6.10 Å². The zero-order valence-corrected chi connectivity index (χ0v) is 20.6. The van der Waals surface area contributed by atoms with E-state index in [9.17, 15) is 26.3 Å². The van der Waals surface area contributed by atoms with Gasteiger partial charge in [0.25, 0.3) is 0 Å². The predicted octanol–water partition coefficient (Wildman–Crippen LogP) is 4.75. The highest BCUT2D eigenvalue weighted by atomic mass is 32.1. The van der Waals surface area contributed by atoms with Gasteiger partial charge < -0.3 is 19.7 Å². The summed E-state index contributed by atoms with van der Waals surface area (Å²) in [7, 11) is 0. The fraction of sp³-hybridized carbons (Fsp3) is 0.522. The molecule has 212 valence electrons. The maximum absolute atomic E-state index is 10.6. The Balaban J connectivity index is 0.000000301. The second-order valence-corrected chi connectivity index (χ2v) is 9.05. The number of pyridine rings is 1. The van der Waals surface area contributed by atoms with Crippen LogP contribution in [-0.2, 0) is 32.2 Å². The fourth-order valence-electron chi connectivity index (χ4n) is 3.80. The topological polar surface area (TPSA) is 109 Å². The molecule has 0 saturated carbocycles. The van der Waals surface area contributed by atoms with E-state index in [1.165, 1.54) is 12.0 Å². The zero-order chi connectivity index (χ0) is 28.3. The van der Waals surface area contributed by atoms with Crippen molar-refractivity contribution in [3.63, 3.8) is 0 Å². The molecule has 2 aliphatic rings. The summed E-state index contributed by atoms with van der Waals surface area (Å²) in [6, 6.07) is 8.73. The van der Waals surface area contributed by atoms with Crippen molar-refractivity contribution in [2.45, 2.75) is 63.0 Å². The number of aromatic nitrogens is 1. The second kappa shape index (κ2) is 14.4. The molecule has 0 aliphatic carbocycles. The molecule has 4 rings (SSSR count). The molecular weight excluding hydrogens is 546 g/mol. The lowest BCUT2D eigenvalue weighted by molar-refractivity contribution is -0.193. The van der Waals surface area contributed by atoms with Crippen LogP contribution in [-0.4, -0.2) is 75.8 Å². The molecule has 0 unspecified atom stereocenters. The normalized spacial score (nSPS) is 21.4. The Morgan fingerprint density at radius 1 is 1.05 bits per heavy atom. The lowest BCUT2D eigenvalue weighted by atomic mass is 9.99. The minimum atomic E-state index is -5.08. The van der Waals surface area contributed by atoms with Gasteiger partial charge in [-0.15, -0.1) is 0 Å². The van der Waals surface area contributed by atoms with Gasteiger partial charge in [-0.1, -0.05) is 6.07 Å². The number of carboxylic acids is 2. The standard InChI is InChI=1S/C19H24N2O2S.2C2HF3O2/c1-2-8-20-16(3-1)12-22-13-17-4-5-18-19(23-17)6-9-21(18)11-15-7-10-24-14-15;2*3-2(4,5)1(6)7/h1-3,7-8,10,14,17-19H,4-6,9,11-13H2;2*(H,6,7)/t17-,18-,19-;;/m0../s1. The van der Waals surface area contributed by atoms with Gasteiger partial charge in [-0.2, -0.15) is 37.7 Å². The number of thiophene rings is 1. The van der Waals surface area contributed by atoms with E-state index in [4.69, 9.17) is 29.3 Å². The minimum absolute atomic E-state index is 0.232. The molecule has 0 aromatic carbocycles. The van der Waals surface area contributed by atoms with E-state index in [1.807, 2.05) is 18.2 Å². The van der Waals surface area contributed by atoms with Crippen molar-refractivity contribution in [1.29, 1.82) is 0 Å². The molecule has 3 atom stereocenters. The molecule has 4 heterocycles. The number of alkyl halides is 6. The monoisotopic (exact) mass is 572 g/mol. The van der Waals surface area contributed by atoms with Gasteiger partial charge in [0.15, 0.2) is 0 Å². The van der Waals surface area contributed by atoms with Crippen LogP contribution >= 0.6 is 11.3 Å². The predicted molar refractivity (Wildman–Crippen MR) is 122 cm³/mol. The number of carbonyl (C=O) groups is 2. The maximum atomic E-state index is 10.6. The number of fused-ring (bicyclic) bond motifs is 1. The quantitative estimate of drug-likeness (QED) is 0.478. The molecule has 2 aromatic heterocycles. The van der Waals surface area contributed by atoms with Crippen molar-refractivity contribution in [1.82, 2.24) is 9.88 Å². The third kappa shape index (κ3) is 10.9. The van der Waals surface area contributed by atoms with Crippen molar-refractivity contribution in [2.75, 3.05) is 13.2 Å². The van der Waals surface area contributed by atoms with Gasteiger partial charge in [0.1, 0.15) is 0 Å². The molecule has 2 aromatic rings. The van der Waals surface area contributed by atoms with Crippen LogP contribution in [0.15, 0.2) is 41.2 Å². The number of ether oxygens (including phenoxy) is 2. The lowest BCUT2D eigenvalue weighted by Crippen LogP contribution is -2.43. The van der Waals surface area contributed by atoms with Gasteiger partial charge in [0, 0.05) is 25.3 Å². The molecule has 38 heavy (non-hydrogen) atoms. The van der Waals surface area contributed by atoms with Crippen LogP contribution in [0, 0.1) is 0 Å². The van der Waals surface area contributed by atoms with E-state index in [1.54, 1.807) is 17.5 Å². The van der Waals surface area contributed by atoms with Gasteiger partial charge in [0.2, 0.25) is 0 Å². The number of nitrogens with zero attached hydrogens (tertiary/aromatic N) is 2. The molecule has 15 heteroatoms. The summed E-state index contributed by atoms with van der Waals surface area (Å²) in [4.78, 5) is 24.7. The molecule has 0 amide bonds. The van der Waals surface area contributed by atoms with E-state index in [0.717, 1.165) is 31.6 Å². The van der Waals surface area contributed by atoms with Gasteiger partial charge in [0.05, 0.1) is 31.1 Å². The highest BCUT2D eigenvalue weighted by molar-refractivity contribution is 7.07. The van der Waals surface area contributed by atoms with Crippen molar-refractivity contribution in [3.05, 3.63) is 52.5 Å². The highest BCUT2D eigenvalue weighted by Gasteiger charge is 2.40. The van der Waals surface area contributed by atoms with Gasteiger partial charge in [-0.3, -0.25) is 9.88 Å². The molecule has 2 N–H and O–H groups in total. The summed E-state index contributed by atoms with van der Waals surface area (Å²) in [5, 5.41) is 18.7. The second-order valence-electron chi connectivity index (χ2n) is 8.27. The van der Waals surface area contributed by atoms with E-state index < -0.39 is 24.3 Å². The first-order valence-corrected chi connectivity index (χ1v) is 12.2. The van der Waals surface area contributed by atoms with Crippen molar-refractivity contribution >= 4 is 23.3 Å². The van der Waals surface area contributed by atoms with Crippen LogP contribution in [0.4, 0.5) is 26.3 Å². The Bertz CT molecular complexity index is 967. The smallest absolute Gasteiger partial charge is 0.475 e. The number of hydrogen-bond donors (Lipinski definition) is 2. The van der Waals surface area contributed by atoms with E-state index in [2.05, 4.69) is 26.7 Å². The number of carboxylic acid groups (broad SMARTS) is 2. The van der Waals surface area contributed by atoms with E-state index in [0.29, 0.717) is 25.4 Å². The first-order valence-electron chi connectivity index (χ1n) is 11.3. The SMILES string of the molecule is O=C(O)C(F)(F)F.O=C(O)C(F)(F)F.c1ccc(COC[C@@H]2CC[C@H]3[C@H](CCN3Cc3ccsc3)O2)nc1. The van der Waals surface area contributed by atoms with Crippen LogP contribution in [0.25, 0.3) is 0 Å². The first kappa shape index (κ1) is 31.5. The Morgan fingerprint density at radius 3 is 2.24 bits per heavy atom. The highest BCUT2D eigenvalue weighted by Crippen LogP contribution is 2.32. The minimum Gasteiger partial charge on any atom is -0.475 e. The Morgan fingerprint density at radius 2 is 1.71 bits per heavy atom. The van der Waals surface area contributed by atoms with Gasteiger partial charge in [-0.25, -0.2) is 9.59 Å². The molecule has 0 radical (unpaired) electrons. The third-order valence-electron chi connectivity index (χ3n) is 5.48. The summed E-state index contributed by atoms with van der Waals surface area (Å²) in [5.41, 5.74) is 2.41. The lowest BCUT2D eigenvalue weighted by Gasteiger charge is -2.36. The van der Waals surface area contributed by atoms with Crippen LogP contribution < -0.4 is 0 Å². The average Bonchev–Trinajstić information content (AvgIpc) is 3.50. The van der Waals surface area contributed by atoms with Gasteiger partial charge in [-0.05, 0) is 53.8 Å². The third-order valence-corrected chi connectivity index (χ3v) is 6.21. The van der Waals surface area contributed by atoms with Crippen LogP contribution in [0.5, 0.6) is 0 Å². The first-order chi connectivity index (χ1) is 17.8.